The summed E-state index contributed by atoms with van der Waals surface area (Å²) in [6, 6.07) is 11.0. The average Bonchev–Trinajstić information content (AvgIpc) is 2.96. The van der Waals surface area contributed by atoms with Gasteiger partial charge in [-0.3, -0.25) is 19.8 Å². The van der Waals surface area contributed by atoms with E-state index in [1.165, 1.54) is 11.0 Å². The van der Waals surface area contributed by atoms with Crippen LogP contribution in [0.2, 0.25) is 0 Å². The summed E-state index contributed by atoms with van der Waals surface area (Å²) in [7, 11) is 0. The summed E-state index contributed by atoms with van der Waals surface area (Å²) < 4.78 is 6.10. The third-order valence-electron chi connectivity index (χ3n) is 3.97. The summed E-state index contributed by atoms with van der Waals surface area (Å²) in [6.07, 6.45) is 1.43. The quantitative estimate of drug-likeness (QED) is 0.306. The number of anilines is 1. The molecule has 1 saturated heterocycles. The Bertz CT molecular complexity index is 923. The third kappa shape index (κ3) is 3.73. The zero-order valence-corrected chi connectivity index (χ0v) is 17.5. The summed E-state index contributed by atoms with van der Waals surface area (Å²) in [5.41, 5.74) is 1.72. The molecule has 3 rings (SSSR count). The van der Waals surface area contributed by atoms with Gasteiger partial charge in [0.25, 0.3) is 11.8 Å². The van der Waals surface area contributed by atoms with Crippen molar-refractivity contribution in [3.05, 3.63) is 57.1 Å². The first-order valence-corrected chi connectivity index (χ1v) is 9.43. The van der Waals surface area contributed by atoms with Gasteiger partial charge in [0.1, 0.15) is 11.3 Å². The highest BCUT2D eigenvalue weighted by Crippen LogP contribution is 2.27. The molecular weight excluding hydrogens is 463 g/mol. The third-order valence-corrected chi connectivity index (χ3v) is 4.84. The molecule has 7 heteroatoms. The van der Waals surface area contributed by atoms with Gasteiger partial charge in [0.2, 0.25) is 0 Å². The van der Waals surface area contributed by atoms with E-state index in [4.69, 9.17) is 16.6 Å². The van der Waals surface area contributed by atoms with Gasteiger partial charge >= 0.3 is 0 Å². The van der Waals surface area contributed by atoms with Crippen molar-refractivity contribution in [2.24, 2.45) is 0 Å². The number of benzene rings is 1. The zero-order valence-electron chi connectivity index (χ0n) is 14.5. The lowest BCUT2D eigenvalue weighted by atomic mass is 9.87. The maximum atomic E-state index is 12.9. The Morgan fingerprint density at radius 3 is 2.31 bits per heavy atom. The predicted octanol–water partition coefficient (Wildman–Crippen LogP) is 4.01. The van der Waals surface area contributed by atoms with Gasteiger partial charge in [0, 0.05) is 0 Å². The van der Waals surface area contributed by atoms with Crippen LogP contribution in [0.4, 0.5) is 5.69 Å². The first-order chi connectivity index (χ1) is 12.2. The SMILES string of the molecule is CC(C)(C)c1ccc(N2C(=O)C(=Cc3ccc(I)o3)C(=O)NC2=S)cc1. The van der Waals surface area contributed by atoms with E-state index in [9.17, 15) is 9.59 Å². The van der Waals surface area contributed by atoms with Crippen LogP contribution in [0.5, 0.6) is 0 Å². The highest BCUT2D eigenvalue weighted by Gasteiger charge is 2.34. The summed E-state index contributed by atoms with van der Waals surface area (Å²) in [6.45, 7) is 6.35. The van der Waals surface area contributed by atoms with Crippen LogP contribution in [0, 0.1) is 3.77 Å². The van der Waals surface area contributed by atoms with Crippen LogP contribution in [0.3, 0.4) is 0 Å². The van der Waals surface area contributed by atoms with Crippen LogP contribution in [-0.2, 0) is 15.0 Å². The van der Waals surface area contributed by atoms with Crippen molar-refractivity contribution >= 4 is 63.5 Å². The Kier molecular flexibility index (Phi) is 5.03. The van der Waals surface area contributed by atoms with Crippen molar-refractivity contribution in [1.82, 2.24) is 5.32 Å². The second-order valence-electron chi connectivity index (χ2n) is 6.90. The Morgan fingerprint density at radius 1 is 1.12 bits per heavy atom. The van der Waals surface area contributed by atoms with Crippen molar-refractivity contribution in [3.63, 3.8) is 0 Å². The molecule has 1 N–H and O–H groups in total. The van der Waals surface area contributed by atoms with Gasteiger partial charge in [0.05, 0.1) is 5.69 Å². The molecule has 0 radical (unpaired) electrons. The standard InChI is InChI=1S/C19H17IN2O3S/c1-19(2,3)11-4-6-12(7-5-11)22-17(24)14(16(23)21-18(22)26)10-13-8-9-15(20)25-13/h4-10H,1-3H3,(H,21,23,26). The molecule has 1 aromatic carbocycles. The number of furan rings is 1. The molecule has 0 aliphatic carbocycles. The molecule has 2 aromatic rings. The number of carbonyl (C=O) groups excluding carboxylic acids is 2. The largest absolute Gasteiger partial charge is 0.451 e. The normalized spacial score (nSPS) is 17.0. The Balaban J connectivity index is 1.96. The van der Waals surface area contributed by atoms with Crippen molar-refractivity contribution in [3.8, 4) is 0 Å². The highest BCUT2D eigenvalue weighted by molar-refractivity contribution is 14.1. The minimum Gasteiger partial charge on any atom is -0.451 e. The van der Waals surface area contributed by atoms with Gasteiger partial charge in [-0.25, -0.2) is 0 Å². The maximum absolute atomic E-state index is 12.9. The van der Waals surface area contributed by atoms with Crippen LogP contribution in [-0.4, -0.2) is 16.9 Å². The van der Waals surface area contributed by atoms with Gasteiger partial charge in [-0.1, -0.05) is 32.9 Å². The Hall–Kier alpha value is -2.00. The van der Waals surface area contributed by atoms with E-state index in [0.29, 0.717) is 15.2 Å². The van der Waals surface area contributed by atoms with Gasteiger partial charge < -0.3 is 4.42 Å². The molecule has 1 fully saturated rings. The molecule has 0 unspecified atom stereocenters. The molecule has 0 bridgehead atoms. The Labute approximate surface area is 170 Å². The number of nitrogens with one attached hydrogen (secondary N) is 1. The lowest BCUT2D eigenvalue weighted by molar-refractivity contribution is -0.122. The number of rotatable bonds is 2. The van der Waals surface area contributed by atoms with Crippen LogP contribution in [0.1, 0.15) is 32.1 Å². The van der Waals surface area contributed by atoms with E-state index in [0.717, 1.165) is 5.56 Å². The fourth-order valence-electron chi connectivity index (χ4n) is 2.55. The second kappa shape index (κ2) is 6.96. The van der Waals surface area contributed by atoms with Gasteiger partial charge in [-0.15, -0.1) is 0 Å². The number of nitrogens with zero attached hydrogens (tertiary/aromatic N) is 1. The van der Waals surface area contributed by atoms with Gasteiger partial charge in [0.15, 0.2) is 8.88 Å². The lowest BCUT2D eigenvalue weighted by Crippen LogP contribution is -2.54. The van der Waals surface area contributed by atoms with Gasteiger partial charge in [-0.05, 0) is 76.1 Å². The van der Waals surface area contributed by atoms with Crippen LogP contribution >= 0.6 is 34.8 Å². The molecule has 0 spiro atoms. The number of halogens is 1. The lowest BCUT2D eigenvalue weighted by Gasteiger charge is -2.29. The number of hydrogen-bond acceptors (Lipinski definition) is 4. The fraction of sp³-hybridized carbons (Fsp3) is 0.211. The molecule has 134 valence electrons. The molecular formula is C19H17IN2O3S. The van der Waals surface area contributed by atoms with E-state index in [1.807, 2.05) is 46.9 Å². The first-order valence-electron chi connectivity index (χ1n) is 7.94. The zero-order chi connectivity index (χ0) is 19.1. The van der Waals surface area contributed by atoms with E-state index in [-0.39, 0.29) is 16.1 Å². The summed E-state index contributed by atoms with van der Waals surface area (Å²) in [4.78, 5) is 26.5. The molecule has 0 saturated carbocycles. The Morgan fingerprint density at radius 2 is 1.77 bits per heavy atom. The van der Waals surface area contributed by atoms with Crippen LogP contribution in [0.15, 0.2) is 46.4 Å². The van der Waals surface area contributed by atoms with Crippen molar-refractivity contribution in [2.75, 3.05) is 4.90 Å². The number of carbonyl (C=O) groups is 2. The van der Waals surface area contributed by atoms with Crippen LogP contribution in [0.25, 0.3) is 6.08 Å². The van der Waals surface area contributed by atoms with E-state index in [1.54, 1.807) is 12.1 Å². The second-order valence-corrected chi connectivity index (χ2v) is 8.35. The number of amides is 2. The summed E-state index contributed by atoms with van der Waals surface area (Å²) in [5, 5.41) is 2.63. The number of thiocarbonyl (C=S) groups is 1. The molecule has 0 atom stereocenters. The first kappa shape index (κ1) is 18.8. The maximum Gasteiger partial charge on any atom is 0.270 e. The minimum absolute atomic E-state index is 0.000651. The monoisotopic (exact) mass is 480 g/mol. The van der Waals surface area contributed by atoms with Crippen molar-refractivity contribution in [2.45, 2.75) is 26.2 Å². The van der Waals surface area contributed by atoms with E-state index < -0.39 is 11.8 Å². The fourth-order valence-corrected chi connectivity index (χ4v) is 3.27. The van der Waals surface area contributed by atoms with E-state index >= 15 is 0 Å². The van der Waals surface area contributed by atoms with Crippen molar-refractivity contribution in [1.29, 1.82) is 0 Å². The summed E-state index contributed by atoms with van der Waals surface area (Å²) >= 11 is 7.23. The predicted molar refractivity (Wildman–Crippen MR) is 113 cm³/mol. The summed E-state index contributed by atoms with van der Waals surface area (Å²) in [5.74, 6) is -0.577. The van der Waals surface area contributed by atoms with Gasteiger partial charge in [-0.2, -0.15) is 0 Å². The van der Waals surface area contributed by atoms with E-state index in [2.05, 4.69) is 26.1 Å². The van der Waals surface area contributed by atoms with Crippen LogP contribution < -0.4 is 10.2 Å². The molecule has 2 amide bonds. The molecule has 1 aliphatic heterocycles. The topological polar surface area (TPSA) is 62.6 Å². The average molecular weight is 480 g/mol. The smallest absolute Gasteiger partial charge is 0.270 e. The highest BCUT2D eigenvalue weighted by atomic mass is 127. The molecule has 2 heterocycles. The minimum atomic E-state index is -0.533. The molecule has 1 aromatic heterocycles. The molecule has 1 aliphatic rings. The van der Waals surface area contributed by atoms with Crippen molar-refractivity contribution < 1.29 is 14.0 Å². The molecule has 26 heavy (non-hydrogen) atoms. The molecule has 5 nitrogen and oxygen atoms in total. The number of hydrogen-bond donors (Lipinski definition) is 1.